The number of likely N-dealkylation sites (tertiary alicyclic amines) is 1. The van der Waals surface area contributed by atoms with E-state index in [9.17, 15) is 9.18 Å². The average molecular weight is 446 g/mol. The summed E-state index contributed by atoms with van der Waals surface area (Å²) in [5.74, 6) is 0.198. The van der Waals surface area contributed by atoms with Gasteiger partial charge >= 0.3 is 0 Å². The normalized spacial score (nSPS) is 17.7. The van der Waals surface area contributed by atoms with Crippen molar-refractivity contribution in [2.24, 2.45) is 5.92 Å². The Labute approximate surface area is 192 Å². The molecule has 170 valence electrons. The summed E-state index contributed by atoms with van der Waals surface area (Å²) < 4.78 is 16.2. The first-order chi connectivity index (χ1) is 15.9. The molecule has 0 saturated carbocycles. The summed E-state index contributed by atoms with van der Waals surface area (Å²) in [5, 5.41) is 6.83. The van der Waals surface area contributed by atoms with Crippen LogP contribution in [0, 0.1) is 11.7 Å². The van der Waals surface area contributed by atoms with Gasteiger partial charge in [-0.1, -0.05) is 18.2 Å². The number of hydrogen-bond acceptors (Lipinski definition) is 3. The number of nitrogens with zero attached hydrogens (tertiary/aromatic N) is 4. The minimum Gasteiger partial charge on any atom is -0.346 e. The van der Waals surface area contributed by atoms with Crippen molar-refractivity contribution in [3.63, 3.8) is 0 Å². The molecular weight excluding hydrogens is 417 g/mol. The van der Waals surface area contributed by atoms with Gasteiger partial charge in [-0.15, -0.1) is 0 Å². The molecule has 1 N–H and O–H groups in total. The fourth-order valence-electron chi connectivity index (χ4n) is 5.09. The van der Waals surface area contributed by atoms with Crippen LogP contribution in [-0.2, 0) is 17.8 Å². The van der Waals surface area contributed by atoms with E-state index in [4.69, 9.17) is 4.98 Å². The third-order valence-corrected chi connectivity index (χ3v) is 6.70. The molecule has 1 atom stereocenters. The molecule has 3 aromatic heterocycles. The zero-order valence-corrected chi connectivity index (χ0v) is 19.0. The maximum Gasteiger partial charge on any atom is 0.223 e. The Morgan fingerprint density at radius 2 is 2.06 bits per heavy atom. The number of pyridine rings is 1. The van der Waals surface area contributed by atoms with Crippen LogP contribution in [0.25, 0.3) is 22.3 Å². The van der Waals surface area contributed by atoms with E-state index in [2.05, 4.69) is 40.9 Å². The van der Waals surface area contributed by atoms with E-state index in [1.54, 1.807) is 18.3 Å². The molecule has 1 aliphatic heterocycles. The smallest absolute Gasteiger partial charge is 0.223 e. The van der Waals surface area contributed by atoms with Gasteiger partial charge in [-0.25, -0.2) is 9.37 Å². The van der Waals surface area contributed by atoms with Crippen LogP contribution in [0.5, 0.6) is 0 Å². The Kier molecular flexibility index (Phi) is 5.48. The number of aromatic amines is 1. The number of aryl methyl sites for hydroxylation is 1. The van der Waals surface area contributed by atoms with Gasteiger partial charge in [0.1, 0.15) is 5.82 Å². The van der Waals surface area contributed by atoms with Crippen LogP contribution in [0.4, 0.5) is 4.39 Å². The second-order valence-corrected chi connectivity index (χ2v) is 9.53. The molecule has 1 aromatic carbocycles. The fourth-order valence-corrected chi connectivity index (χ4v) is 5.09. The van der Waals surface area contributed by atoms with Crippen LogP contribution in [0.15, 0.2) is 61.1 Å². The SMILES string of the molecule is CC1(C)CC(Cn2ccc3nc(-c4cn[nH]c4)ccc32)CN1C(=O)CCc1ccccc1F. The number of carbonyl (C=O) groups is 1. The van der Waals surface area contributed by atoms with Crippen molar-refractivity contribution < 1.29 is 9.18 Å². The molecular formula is C26H28FN5O. The Morgan fingerprint density at radius 1 is 1.21 bits per heavy atom. The molecule has 1 amide bonds. The van der Waals surface area contributed by atoms with Crippen LogP contribution in [0.1, 0.15) is 32.3 Å². The van der Waals surface area contributed by atoms with Crippen LogP contribution in [0.2, 0.25) is 0 Å². The van der Waals surface area contributed by atoms with Crippen molar-refractivity contribution in [3.8, 4) is 11.3 Å². The molecule has 1 unspecified atom stereocenters. The lowest BCUT2D eigenvalue weighted by Gasteiger charge is -2.31. The highest BCUT2D eigenvalue weighted by Gasteiger charge is 2.40. The molecule has 0 bridgehead atoms. The van der Waals surface area contributed by atoms with E-state index < -0.39 is 0 Å². The molecule has 4 aromatic rings. The maximum absolute atomic E-state index is 13.9. The van der Waals surface area contributed by atoms with Crippen molar-refractivity contribution in [1.29, 1.82) is 0 Å². The van der Waals surface area contributed by atoms with Crippen LogP contribution in [0.3, 0.4) is 0 Å². The highest BCUT2D eigenvalue weighted by molar-refractivity contribution is 5.79. The third kappa shape index (κ3) is 4.27. The molecule has 5 rings (SSSR count). The first-order valence-corrected chi connectivity index (χ1v) is 11.4. The maximum atomic E-state index is 13.9. The van der Waals surface area contributed by atoms with Gasteiger partial charge in [-0.3, -0.25) is 9.89 Å². The largest absolute Gasteiger partial charge is 0.346 e. The summed E-state index contributed by atoms with van der Waals surface area (Å²) in [6.07, 6.45) is 7.36. The Balaban J connectivity index is 1.27. The van der Waals surface area contributed by atoms with E-state index >= 15 is 0 Å². The van der Waals surface area contributed by atoms with Crippen LogP contribution < -0.4 is 0 Å². The molecule has 33 heavy (non-hydrogen) atoms. The van der Waals surface area contributed by atoms with Gasteiger partial charge in [0.05, 0.1) is 22.9 Å². The number of H-pyrrole nitrogens is 1. The van der Waals surface area contributed by atoms with Crippen molar-refractivity contribution in [2.75, 3.05) is 6.54 Å². The lowest BCUT2D eigenvalue weighted by atomic mass is 9.96. The Bertz CT molecular complexity index is 1280. The number of rotatable bonds is 6. The Morgan fingerprint density at radius 3 is 2.85 bits per heavy atom. The first-order valence-electron chi connectivity index (χ1n) is 11.4. The summed E-state index contributed by atoms with van der Waals surface area (Å²) in [7, 11) is 0. The minimum absolute atomic E-state index is 0.0922. The number of amides is 1. The van der Waals surface area contributed by atoms with Crippen molar-refractivity contribution in [2.45, 2.75) is 45.2 Å². The van der Waals surface area contributed by atoms with Crippen LogP contribution in [-0.4, -0.2) is 42.6 Å². The number of aromatic nitrogens is 4. The number of fused-ring (bicyclic) bond motifs is 1. The molecule has 6 nitrogen and oxygen atoms in total. The number of benzene rings is 1. The topological polar surface area (TPSA) is 66.8 Å². The second-order valence-electron chi connectivity index (χ2n) is 9.53. The summed E-state index contributed by atoms with van der Waals surface area (Å²) in [5.41, 5.74) is 4.27. The molecule has 4 heterocycles. The summed E-state index contributed by atoms with van der Waals surface area (Å²) in [6, 6.07) is 12.8. The van der Waals surface area contributed by atoms with Gasteiger partial charge in [0.2, 0.25) is 5.91 Å². The Hall–Kier alpha value is -3.48. The number of halogens is 1. The standard InChI is InChI=1S/C26H28FN5O/c1-26(2)13-18(17-32(26)25(33)10-7-19-5-3-4-6-21(19)27)16-31-12-11-23-24(31)9-8-22(30-23)20-14-28-29-15-20/h3-6,8-9,11-12,14-15,18H,7,10,13,16-17H2,1-2H3,(H,28,29). The lowest BCUT2D eigenvalue weighted by molar-refractivity contribution is -0.134. The highest BCUT2D eigenvalue weighted by atomic mass is 19.1. The summed E-state index contributed by atoms with van der Waals surface area (Å²) in [4.78, 5) is 19.8. The lowest BCUT2D eigenvalue weighted by Crippen LogP contribution is -2.42. The number of carbonyl (C=O) groups excluding carboxylic acids is 1. The van der Waals surface area contributed by atoms with Gasteiger partial charge in [0.25, 0.3) is 0 Å². The summed E-state index contributed by atoms with van der Waals surface area (Å²) in [6.45, 7) is 5.79. The molecule has 1 aliphatic rings. The predicted octanol–water partition coefficient (Wildman–Crippen LogP) is 4.83. The molecule has 7 heteroatoms. The minimum atomic E-state index is -0.243. The molecule has 1 saturated heterocycles. The third-order valence-electron chi connectivity index (χ3n) is 6.70. The van der Waals surface area contributed by atoms with E-state index in [0.717, 1.165) is 35.3 Å². The van der Waals surface area contributed by atoms with Crippen molar-refractivity contribution >= 4 is 16.9 Å². The van der Waals surface area contributed by atoms with E-state index in [1.165, 1.54) is 6.07 Å². The second kappa shape index (κ2) is 8.46. The molecule has 0 aliphatic carbocycles. The zero-order chi connectivity index (χ0) is 23.0. The quantitative estimate of drug-likeness (QED) is 0.462. The van der Waals surface area contributed by atoms with Gasteiger partial charge in [-0.05, 0) is 62.4 Å². The first kappa shape index (κ1) is 21.4. The van der Waals surface area contributed by atoms with Gasteiger partial charge in [0.15, 0.2) is 0 Å². The van der Waals surface area contributed by atoms with Crippen LogP contribution >= 0.6 is 0 Å². The van der Waals surface area contributed by atoms with E-state index in [-0.39, 0.29) is 17.3 Å². The molecule has 0 spiro atoms. The molecule has 0 radical (unpaired) electrons. The highest BCUT2D eigenvalue weighted by Crippen LogP contribution is 2.35. The van der Waals surface area contributed by atoms with Crippen molar-refractivity contribution in [1.82, 2.24) is 24.6 Å². The van der Waals surface area contributed by atoms with Crippen molar-refractivity contribution in [3.05, 3.63) is 72.4 Å². The monoisotopic (exact) mass is 445 g/mol. The van der Waals surface area contributed by atoms with Gasteiger partial charge in [-0.2, -0.15) is 5.10 Å². The average Bonchev–Trinajstić information content (AvgIpc) is 3.52. The van der Waals surface area contributed by atoms with Gasteiger partial charge in [0, 0.05) is 43.0 Å². The van der Waals surface area contributed by atoms with E-state index in [0.29, 0.717) is 30.9 Å². The predicted molar refractivity (Wildman–Crippen MR) is 126 cm³/mol. The van der Waals surface area contributed by atoms with Gasteiger partial charge < -0.3 is 9.47 Å². The van der Waals surface area contributed by atoms with E-state index in [1.807, 2.05) is 29.3 Å². The zero-order valence-electron chi connectivity index (χ0n) is 19.0. The number of nitrogens with one attached hydrogen (secondary N) is 1. The summed E-state index contributed by atoms with van der Waals surface area (Å²) >= 11 is 0. The number of hydrogen-bond donors (Lipinski definition) is 1. The fraction of sp³-hybridized carbons (Fsp3) is 0.346. The molecule has 1 fully saturated rings.